The molecule has 130 valence electrons. The van der Waals surface area contributed by atoms with Crippen LogP contribution in [0, 0.1) is 11.6 Å². The van der Waals surface area contributed by atoms with Crippen molar-refractivity contribution in [3.63, 3.8) is 0 Å². The third-order valence-corrected chi connectivity index (χ3v) is 4.40. The Bertz CT molecular complexity index is 1090. The van der Waals surface area contributed by atoms with E-state index in [0.29, 0.717) is 34.6 Å². The first-order valence-corrected chi connectivity index (χ1v) is 8.28. The Balaban J connectivity index is 1.58. The highest BCUT2D eigenvalue weighted by Crippen LogP contribution is 2.39. The van der Waals surface area contributed by atoms with Crippen LogP contribution in [0.4, 0.5) is 20.5 Å². The number of hydrogen-bond acceptors (Lipinski definition) is 4. The van der Waals surface area contributed by atoms with Gasteiger partial charge in [0.05, 0.1) is 5.69 Å². The smallest absolute Gasteiger partial charge is 0.214 e. The van der Waals surface area contributed by atoms with Crippen LogP contribution in [0.25, 0.3) is 16.9 Å². The summed E-state index contributed by atoms with van der Waals surface area (Å²) in [6.07, 6.45) is 5.74. The van der Waals surface area contributed by atoms with Crippen molar-refractivity contribution in [1.29, 1.82) is 0 Å². The highest BCUT2D eigenvalue weighted by Gasteiger charge is 2.25. The Labute approximate surface area is 146 Å². The molecule has 0 atom stereocenters. The maximum absolute atomic E-state index is 13.6. The summed E-state index contributed by atoms with van der Waals surface area (Å²) in [6.45, 7) is 0. The van der Waals surface area contributed by atoms with Crippen molar-refractivity contribution >= 4 is 17.4 Å². The van der Waals surface area contributed by atoms with Crippen LogP contribution in [-0.2, 0) is 0 Å². The van der Waals surface area contributed by atoms with Crippen LogP contribution >= 0.6 is 0 Å². The van der Waals surface area contributed by atoms with Crippen molar-refractivity contribution in [2.24, 2.45) is 0 Å². The van der Waals surface area contributed by atoms with Gasteiger partial charge in [-0.25, -0.2) is 18.7 Å². The molecular formula is C18H14F2N6. The second-order valence-electron chi connectivity index (χ2n) is 6.39. The van der Waals surface area contributed by atoms with E-state index in [-0.39, 0.29) is 0 Å². The highest BCUT2D eigenvalue weighted by atomic mass is 19.1. The number of nitrogens with one attached hydrogen (secondary N) is 2. The summed E-state index contributed by atoms with van der Waals surface area (Å²) in [5.74, 6) is 0.355. The average molecular weight is 352 g/mol. The van der Waals surface area contributed by atoms with Crippen molar-refractivity contribution in [3.05, 3.63) is 60.1 Å². The molecule has 0 radical (unpaired) electrons. The van der Waals surface area contributed by atoms with Crippen LogP contribution in [0.3, 0.4) is 0 Å². The lowest BCUT2D eigenvalue weighted by atomic mass is 10.1. The van der Waals surface area contributed by atoms with Crippen LogP contribution in [-0.4, -0.2) is 24.6 Å². The normalized spacial score (nSPS) is 14.1. The standard InChI is InChI=1S/C18H14F2N6/c19-12-5-11(6-13(20)7-12)14-9-17-21-3-4-26(17)18(22-14)23-16-8-15(24-25-16)10-1-2-10/h3-10H,1-2H2,(H2,22,23,24,25). The van der Waals surface area contributed by atoms with Crippen LogP contribution in [0.15, 0.2) is 42.7 Å². The highest BCUT2D eigenvalue weighted by molar-refractivity contribution is 5.67. The zero-order valence-corrected chi connectivity index (χ0v) is 13.6. The Kier molecular flexibility index (Phi) is 3.24. The van der Waals surface area contributed by atoms with Gasteiger partial charge in [-0.05, 0) is 25.0 Å². The Hall–Kier alpha value is -3.29. The fraction of sp³-hybridized carbons (Fsp3) is 0.167. The van der Waals surface area contributed by atoms with Crippen LogP contribution in [0.1, 0.15) is 24.5 Å². The first-order chi connectivity index (χ1) is 12.7. The molecule has 3 aromatic heterocycles. The van der Waals surface area contributed by atoms with Crippen molar-refractivity contribution in [3.8, 4) is 11.3 Å². The van der Waals surface area contributed by atoms with Crippen molar-refractivity contribution in [2.75, 3.05) is 5.32 Å². The lowest BCUT2D eigenvalue weighted by molar-refractivity contribution is 0.584. The minimum atomic E-state index is -0.652. The van der Waals surface area contributed by atoms with E-state index in [9.17, 15) is 8.78 Å². The zero-order chi connectivity index (χ0) is 17.7. The summed E-state index contributed by atoms with van der Waals surface area (Å²) in [5.41, 5.74) is 2.47. The van der Waals surface area contributed by atoms with Crippen molar-refractivity contribution in [2.45, 2.75) is 18.8 Å². The predicted octanol–water partition coefficient (Wildman–Crippen LogP) is 4.02. The number of halogens is 2. The van der Waals surface area contributed by atoms with E-state index < -0.39 is 11.6 Å². The van der Waals surface area contributed by atoms with Crippen molar-refractivity contribution in [1.82, 2.24) is 24.6 Å². The molecule has 8 heteroatoms. The number of rotatable bonds is 4. The number of nitrogens with zero attached hydrogens (tertiary/aromatic N) is 4. The van der Waals surface area contributed by atoms with Gasteiger partial charge in [0.25, 0.3) is 0 Å². The molecule has 0 unspecified atom stereocenters. The minimum absolute atomic E-state index is 0.344. The van der Waals surface area contributed by atoms with Gasteiger partial charge in [-0.15, -0.1) is 0 Å². The van der Waals surface area contributed by atoms with E-state index in [1.165, 1.54) is 25.0 Å². The Morgan fingerprint density at radius 1 is 1.08 bits per heavy atom. The van der Waals surface area contributed by atoms with Gasteiger partial charge in [-0.3, -0.25) is 9.50 Å². The third-order valence-electron chi connectivity index (χ3n) is 4.40. The Morgan fingerprint density at radius 2 is 1.88 bits per heavy atom. The zero-order valence-electron chi connectivity index (χ0n) is 13.6. The molecule has 1 aromatic carbocycles. The van der Waals surface area contributed by atoms with E-state index in [4.69, 9.17) is 0 Å². The summed E-state index contributed by atoms with van der Waals surface area (Å²) in [4.78, 5) is 8.78. The largest absolute Gasteiger partial charge is 0.308 e. The van der Waals surface area contributed by atoms with Gasteiger partial charge in [-0.2, -0.15) is 5.10 Å². The van der Waals surface area contributed by atoms with E-state index in [0.717, 1.165) is 11.8 Å². The molecule has 2 N–H and O–H groups in total. The van der Waals surface area contributed by atoms with Crippen LogP contribution in [0.2, 0.25) is 0 Å². The molecule has 6 nitrogen and oxygen atoms in total. The first-order valence-electron chi connectivity index (χ1n) is 8.28. The first kappa shape index (κ1) is 15.0. The van der Waals surface area contributed by atoms with E-state index >= 15 is 0 Å². The lowest BCUT2D eigenvalue weighted by Crippen LogP contribution is -2.03. The monoisotopic (exact) mass is 352 g/mol. The van der Waals surface area contributed by atoms with Crippen LogP contribution in [0.5, 0.6) is 0 Å². The molecular weight excluding hydrogens is 338 g/mol. The van der Waals surface area contributed by atoms with Gasteiger partial charge in [0.15, 0.2) is 5.82 Å². The van der Waals surface area contributed by atoms with E-state index in [1.54, 1.807) is 22.9 Å². The number of benzene rings is 1. The van der Waals surface area contributed by atoms with Gasteiger partial charge >= 0.3 is 0 Å². The molecule has 26 heavy (non-hydrogen) atoms. The molecule has 1 fully saturated rings. The summed E-state index contributed by atoms with van der Waals surface area (Å²) < 4.78 is 28.9. The summed E-state index contributed by atoms with van der Waals surface area (Å²) >= 11 is 0. The minimum Gasteiger partial charge on any atom is -0.308 e. The van der Waals surface area contributed by atoms with E-state index in [2.05, 4.69) is 25.5 Å². The Morgan fingerprint density at radius 3 is 2.65 bits per heavy atom. The SMILES string of the molecule is Fc1cc(F)cc(-c2cc3nccn3c(Nc3cc(C4CC4)[nH]n3)n2)c1. The quantitative estimate of drug-likeness (QED) is 0.582. The van der Waals surface area contributed by atoms with Gasteiger partial charge in [0.1, 0.15) is 17.3 Å². The number of fused-ring (bicyclic) bond motifs is 1. The molecule has 1 aliphatic carbocycles. The molecule has 0 amide bonds. The number of anilines is 2. The molecule has 0 bridgehead atoms. The molecule has 0 saturated heterocycles. The third kappa shape index (κ3) is 2.69. The van der Waals surface area contributed by atoms with Crippen LogP contribution < -0.4 is 5.32 Å². The second-order valence-corrected chi connectivity index (χ2v) is 6.39. The maximum atomic E-state index is 13.6. The molecule has 4 aromatic rings. The molecule has 0 aliphatic heterocycles. The fourth-order valence-corrected chi connectivity index (χ4v) is 2.98. The predicted molar refractivity (Wildman–Crippen MR) is 92.2 cm³/mol. The van der Waals surface area contributed by atoms with E-state index in [1.807, 2.05) is 6.07 Å². The fourth-order valence-electron chi connectivity index (χ4n) is 2.98. The van der Waals surface area contributed by atoms with Gasteiger partial charge < -0.3 is 5.32 Å². The van der Waals surface area contributed by atoms with Gasteiger partial charge in [0.2, 0.25) is 5.95 Å². The number of hydrogen-bond donors (Lipinski definition) is 2. The van der Waals surface area contributed by atoms with Gasteiger partial charge in [-0.1, -0.05) is 0 Å². The maximum Gasteiger partial charge on any atom is 0.214 e. The number of H-pyrrole nitrogens is 1. The molecule has 0 spiro atoms. The number of aromatic nitrogens is 5. The molecule has 3 heterocycles. The molecule has 1 saturated carbocycles. The molecule has 1 aliphatic rings. The number of aromatic amines is 1. The topological polar surface area (TPSA) is 70.9 Å². The summed E-state index contributed by atoms with van der Waals surface area (Å²) in [6, 6.07) is 6.96. The van der Waals surface area contributed by atoms with Crippen molar-refractivity contribution < 1.29 is 8.78 Å². The summed E-state index contributed by atoms with van der Waals surface area (Å²) in [7, 11) is 0. The number of imidazole rings is 1. The average Bonchev–Trinajstić information content (AvgIpc) is 3.15. The second kappa shape index (κ2) is 5.62. The summed E-state index contributed by atoms with van der Waals surface area (Å²) in [5, 5.41) is 10.4. The van der Waals surface area contributed by atoms with Gasteiger partial charge in [0, 0.05) is 47.8 Å². The molecule has 5 rings (SSSR count). The lowest BCUT2D eigenvalue weighted by Gasteiger charge is -2.09.